The Morgan fingerprint density at radius 3 is 3.21 bits per heavy atom. The SMILES string of the molecule is Cc1nocc1CN[C@H]1CCCOC1. The van der Waals surface area contributed by atoms with Crippen molar-refractivity contribution in [3.8, 4) is 0 Å². The third-order valence-electron chi connectivity index (χ3n) is 2.59. The average Bonchev–Trinajstić information content (AvgIpc) is 2.63. The van der Waals surface area contributed by atoms with Crippen molar-refractivity contribution in [2.45, 2.75) is 32.4 Å². The summed E-state index contributed by atoms with van der Waals surface area (Å²) in [6, 6.07) is 0.484. The minimum Gasteiger partial charge on any atom is -0.380 e. The minimum absolute atomic E-state index is 0.484. The zero-order chi connectivity index (χ0) is 9.80. The predicted octanol–water partition coefficient (Wildman–Crippen LogP) is 1.25. The van der Waals surface area contributed by atoms with Crippen LogP contribution in [0.3, 0.4) is 0 Å². The molecule has 0 aliphatic carbocycles. The highest BCUT2D eigenvalue weighted by atomic mass is 16.5. The van der Waals surface area contributed by atoms with Crippen LogP contribution in [-0.4, -0.2) is 24.4 Å². The summed E-state index contributed by atoms with van der Waals surface area (Å²) in [6.45, 7) is 4.51. The molecule has 2 heterocycles. The Balaban J connectivity index is 1.79. The van der Waals surface area contributed by atoms with Crippen LogP contribution in [-0.2, 0) is 11.3 Å². The van der Waals surface area contributed by atoms with Gasteiger partial charge < -0.3 is 14.6 Å². The lowest BCUT2D eigenvalue weighted by atomic mass is 10.1. The van der Waals surface area contributed by atoms with Crippen molar-refractivity contribution in [3.63, 3.8) is 0 Å². The molecule has 1 aromatic heterocycles. The van der Waals surface area contributed by atoms with Gasteiger partial charge in [-0.25, -0.2) is 0 Å². The number of ether oxygens (including phenoxy) is 1. The predicted molar refractivity (Wildman–Crippen MR) is 51.9 cm³/mol. The molecule has 1 aromatic rings. The van der Waals surface area contributed by atoms with Crippen LogP contribution in [0.2, 0.25) is 0 Å². The maximum absolute atomic E-state index is 5.38. The Morgan fingerprint density at radius 1 is 1.64 bits per heavy atom. The molecule has 0 spiro atoms. The van der Waals surface area contributed by atoms with Gasteiger partial charge in [0.25, 0.3) is 0 Å². The summed E-state index contributed by atoms with van der Waals surface area (Å²) >= 11 is 0. The van der Waals surface area contributed by atoms with E-state index in [1.54, 1.807) is 6.26 Å². The first-order valence-electron chi connectivity index (χ1n) is 5.07. The van der Waals surface area contributed by atoms with E-state index in [-0.39, 0.29) is 0 Å². The van der Waals surface area contributed by atoms with Crippen molar-refractivity contribution in [2.24, 2.45) is 0 Å². The van der Waals surface area contributed by atoms with Crippen LogP contribution in [0.1, 0.15) is 24.1 Å². The van der Waals surface area contributed by atoms with Crippen molar-refractivity contribution < 1.29 is 9.26 Å². The minimum atomic E-state index is 0.484. The average molecular weight is 196 g/mol. The zero-order valence-corrected chi connectivity index (χ0v) is 8.45. The second kappa shape index (κ2) is 4.57. The topological polar surface area (TPSA) is 47.3 Å². The highest BCUT2D eigenvalue weighted by Gasteiger charge is 2.13. The van der Waals surface area contributed by atoms with Gasteiger partial charge in [0.15, 0.2) is 0 Å². The lowest BCUT2D eigenvalue weighted by Crippen LogP contribution is -2.36. The number of hydrogen-bond donors (Lipinski definition) is 1. The summed E-state index contributed by atoms with van der Waals surface area (Å²) in [7, 11) is 0. The van der Waals surface area contributed by atoms with Gasteiger partial charge in [0.05, 0.1) is 12.3 Å². The van der Waals surface area contributed by atoms with Crippen molar-refractivity contribution in [1.29, 1.82) is 0 Å². The molecule has 1 saturated heterocycles. The zero-order valence-electron chi connectivity index (χ0n) is 8.45. The van der Waals surface area contributed by atoms with Crippen LogP contribution in [0.5, 0.6) is 0 Å². The fourth-order valence-electron chi connectivity index (χ4n) is 1.64. The molecule has 4 heteroatoms. The van der Waals surface area contributed by atoms with Crippen molar-refractivity contribution in [3.05, 3.63) is 17.5 Å². The molecular formula is C10H16N2O2. The van der Waals surface area contributed by atoms with Gasteiger partial charge >= 0.3 is 0 Å². The first-order chi connectivity index (χ1) is 6.86. The fourth-order valence-corrected chi connectivity index (χ4v) is 1.64. The normalized spacial score (nSPS) is 22.5. The van der Waals surface area contributed by atoms with E-state index in [1.807, 2.05) is 6.92 Å². The number of rotatable bonds is 3. The molecule has 1 atom stereocenters. The molecule has 0 amide bonds. The molecule has 0 aromatic carbocycles. The summed E-state index contributed by atoms with van der Waals surface area (Å²) in [5, 5.41) is 7.27. The molecule has 0 saturated carbocycles. The highest BCUT2D eigenvalue weighted by molar-refractivity contribution is 5.12. The molecule has 2 rings (SSSR count). The second-order valence-corrected chi connectivity index (χ2v) is 3.72. The first kappa shape index (κ1) is 9.68. The molecule has 0 unspecified atom stereocenters. The summed E-state index contributed by atoms with van der Waals surface area (Å²) < 4.78 is 10.2. The lowest BCUT2D eigenvalue weighted by molar-refractivity contribution is 0.0699. The Labute approximate surface area is 83.6 Å². The third-order valence-corrected chi connectivity index (χ3v) is 2.59. The van der Waals surface area contributed by atoms with Crippen LogP contribution in [0.15, 0.2) is 10.8 Å². The van der Waals surface area contributed by atoms with E-state index in [9.17, 15) is 0 Å². The van der Waals surface area contributed by atoms with Crippen molar-refractivity contribution in [2.75, 3.05) is 13.2 Å². The molecule has 14 heavy (non-hydrogen) atoms. The van der Waals surface area contributed by atoms with Gasteiger partial charge in [0.2, 0.25) is 0 Å². The smallest absolute Gasteiger partial charge is 0.128 e. The van der Waals surface area contributed by atoms with Crippen LogP contribution < -0.4 is 5.32 Å². The quantitative estimate of drug-likeness (QED) is 0.790. The molecule has 0 radical (unpaired) electrons. The number of hydrogen-bond acceptors (Lipinski definition) is 4. The van der Waals surface area contributed by atoms with Crippen LogP contribution in [0.25, 0.3) is 0 Å². The van der Waals surface area contributed by atoms with Crippen LogP contribution >= 0.6 is 0 Å². The van der Waals surface area contributed by atoms with E-state index in [1.165, 1.54) is 6.42 Å². The molecule has 1 aliphatic rings. The van der Waals surface area contributed by atoms with E-state index in [2.05, 4.69) is 10.5 Å². The van der Waals surface area contributed by atoms with Gasteiger partial charge in [-0.15, -0.1) is 0 Å². The molecule has 1 fully saturated rings. The highest BCUT2D eigenvalue weighted by Crippen LogP contribution is 2.09. The number of aromatic nitrogens is 1. The van der Waals surface area contributed by atoms with E-state index in [0.29, 0.717) is 6.04 Å². The van der Waals surface area contributed by atoms with E-state index in [4.69, 9.17) is 9.26 Å². The summed E-state index contributed by atoms with van der Waals surface area (Å²) in [5.41, 5.74) is 2.10. The molecule has 1 N–H and O–H groups in total. The van der Waals surface area contributed by atoms with Crippen molar-refractivity contribution in [1.82, 2.24) is 10.5 Å². The van der Waals surface area contributed by atoms with Gasteiger partial charge in [-0.2, -0.15) is 0 Å². The standard InChI is InChI=1S/C10H16N2O2/c1-8-9(6-14-12-8)5-11-10-3-2-4-13-7-10/h6,10-11H,2-5,7H2,1H3/t10-/m0/s1. The Kier molecular flexibility index (Phi) is 3.16. The largest absolute Gasteiger partial charge is 0.380 e. The Hall–Kier alpha value is -0.870. The fraction of sp³-hybridized carbons (Fsp3) is 0.700. The van der Waals surface area contributed by atoms with E-state index < -0.39 is 0 Å². The summed E-state index contributed by atoms with van der Waals surface area (Å²) in [5.74, 6) is 0. The lowest BCUT2D eigenvalue weighted by Gasteiger charge is -2.22. The molecule has 78 valence electrons. The van der Waals surface area contributed by atoms with Gasteiger partial charge in [-0.05, 0) is 19.8 Å². The maximum Gasteiger partial charge on any atom is 0.128 e. The summed E-state index contributed by atoms with van der Waals surface area (Å²) in [6.07, 6.45) is 4.05. The van der Waals surface area contributed by atoms with Gasteiger partial charge in [0.1, 0.15) is 6.26 Å². The van der Waals surface area contributed by atoms with Gasteiger partial charge in [-0.1, -0.05) is 5.16 Å². The third kappa shape index (κ3) is 2.33. The molecule has 1 aliphatic heterocycles. The maximum atomic E-state index is 5.38. The Morgan fingerprint density at radius 2 is 2.57 bits per heavy atom. The van der Waals surface area contributed by atoms with E-state index >= 15 is 0 Å². The summed E-state index contributed by atoms with van der Waals surface area (Å²) in [4.78, 5) is 0. The number of nitrogens with zero attached hydrogens (tertiary/aromatic N) is 1. The van der Waals surface area contributed by atoms with Gasteiger partial charge in [-0.3, -0.25) is 0 Å². The Bertz CT molecular complexity index is 279. The second-order valence-electron chi connectivity index (χ2n) is 3.72. The van der Waals surface area contributed by atoms with Gasteiger partial charge in [0, 0.05) is 24.8 Å². The molecule has 4 nitrogen and oxygen atoms in total. The first-order valence-corrected chi connectivity index (χ1v) is 5.07. The van der Waals surface area contributed by atoms with Crippen molar-refractivity contribution >= 4 is 0 Å². The van der Waals surface area contributed by atoms with E-state index in [0.717, 1.165) is 37.4 Å². The molecular weight excluding hydrogens is 180 g/mol. The van der Waals surface area contributed by atoms with Crippen LogP contribution in [0.4, 0.5) is 0 Å². The number of aryl methyl sites for hydroxylation is 1. The number of nitrogens with one attached hydrogen (secondary N) is 1. The monoisotopic (exact) mass is 196 g/mol. The molecule has 0 bridgehead atoms. The van der Waals surface area contributed by atoms with Crippen LogP contribution in [0, 0.1) is 6.92 Å².